The number of ether oxygens (including phenoxy) is 2. The van der Waals surface area contributed by atoms with Gasteiger partial charge in [0.15, 0.2) is 6.79 Å². The first-order valence-corrected chi connectivity index (χ1v) is 11.7. The van der Waals surface area contributed by atoms with Gasteiger partial charge in [0.25, 0.3) is 5.91 Å². The molecule has 3 heterocycles. The maximum atomic E-state index is 13.7. The molecule has 0 saturated carbocycles. The van der Waals surface area contributed by atoms with Crippen molar-refractivity contribution in [3.05, 3.63) is 101 Å². The van der Waals surface area contributed by atoms with Gasteiger partial charge in [-0.25, -0.2) is 8.78 Å². The average molecular weight is 475 g/mol. The van der Waals surface area contributed by atoms with Crippen molar-refractivity contribution in [3.8, 4) is 5.75 Å². The number of rotatable bonds is 3. The smallest absolute Gasteiger partial charge is 0.256 e. The molecule has 3 aromatic carbocycles. The van der Waals surface area contributed by atoms with Crippen LogP contribution in [0.1, 0.15) is 34.3 Å². The van der Waals surface area contributed by atoms with Crippen LogP contribution in [0.5, 0.6) is 5.75 Å². The van der Waals surface area contributed by atoms with Crippen molar-refractivity contribution in [2.24, 2.45) is 0 Å². The summed E-state index contributed by atoms with van der Waals surface area (Å²) in [6.45, 7) is 1.58. The van der Waals surface area contributed by atoms with E-state index in [1.54, 1.807) is 6.20 Å². The molecule has 0 aliphatic carbocycles. The Balaban J connectivity index is 1.27. The number of fused-ring (bicyclic) bond motifs is 3. The molecule has 0 atom stereocenters. The van der Waals surface area contributed by atoms with Gasteiger partial charge in [0.2, 0.25) is 0 Å². The number of benzene rings is 3. The highest BCUT2D eigenvalue weighted by Crippen LogP contribution is 2.44. The quantitative estimate of drug-likeness (QED) is 0.396. The first-order valence-electron chi connectivity index (χ1n) is 11.7. The maximum absolute atomic E-state index is 13.7. The van der Waals surface area contributed by atoms with Gasteiger partial charge in [-0.2, -0.15) is 0 Å². The van der Waals surface area contributed by atoms with E-state index in [9.17, 15) is 13.6 Å². The highest BCUT2D eigenvalue weighted by Gasteiger charge is 2.42. The summed E-state index contributed by atoms with van der Waals surface area (Å²) < 4.78 is 41.1. The van der Waals surface area contributed by atoms with Crippen molar-refractivity contribution in [2.45, 2.75) is 25.0 Å². The molecule has 5 nitrogen and oxygen atoms in total. The topological polar surface area (TPSA) is 43.7 Å². The molecule has 0 unspecified atom stereocenters. The number of hydrogen-bond donors (Lipinski definition) is 0. The highest BCUT2D eigenvalue weighted by atomic mass is 19.1. The molecule has 0 bridgehead atoms. The Morgan fingerprint density at radius 3 is 2.46 bits per heavy atom. The van der Waals surface area contributed by atoms with Gasteiger partial charge in [-0.05, 0) is 42.7 Å². The molecule has 178 valence electrons. The number of halogens is 2. The summed E-state index contributed by atoms with van der Waals surface area (Å²) in [7, 11) is 0. The number of hydrogen-bond acceptors (Lipinski definition) is 3. The lowest BCUT2D eigenvalue weighted by Crippen LogP contribution is -2.48. The van der Waals surface area contributed by atoms with Gasteiger partial charge in [-0.3, -0.25) is 4.79 Å². The summed E-state index contributed by atoms with van der Waals surface area (Å²) in [5, 5.41) is 0.822. The zero-order valence-electron chi connectivity index (χ0n) is 19.0. The second kappa shape index (κ2) is 8.50. The van der Waals surface area contributed by atoms with E-state index in [2.05, 4.69) is 0 Å². The van der Waals surface area contributed by atoms with Crippen molar-refractivity contribution in [2.75, 3.05) is 19.9 Å². The number of aromatic nitrogens is 1. The Bertz CT molecular complexity index is 1400. The second-order valence-corrected chi connectivity index (χ2v) is 9.15. The van der Waals surface area contributed by atoms with Gasteiger partial charge in [0.1, 0.15) is 23.0 Å². The number of nitrogens with zero attached hydrogens (tertiary/aromatic N) is 2. The molecule has 6 rings (SSSR count). The minimum Gasteiger partial charge on any atom is -0.467 e. The minimum absolute atomic E-state index is 0.0550. The van der Waals surface area contributed by atoms with E-state index in [1.165, 1.54) is 12.1 Å². The second-order valence-electron chi connectivity index (χ2n) is 9.15. The molecule has 0 N–H and O–H groups in total. The van der Waals surface area contributed by atoms with Crippen molar-refractivity contribution in [1.82, 2.24) is 9.47 Å². The number of amides is 1. The van der Waals surface area contributed by atoms with Gasteiger partial charge in [-0.15, -0.1) is 0 Å². The Morgan fingerprint density at radius 2 is 1.66 bits per heavy atom. The van der Waals surface area contributed by atoms with Crippen LogP contribution in [0.25, 0.3) is 10.9 Å². The van der Waals surface area contributed by atoms with E-state index in [-0.39, 0.29) is 19.2 Å². The Morgan fingerprint density at radius 1 is 0.943 bits per heavy atom. The normalized spacial score (nSPS) is 16.8. The number of carbonyl (C=O) groups is 1. The third-order valence-corrected chi connectivity index (χ3v) is 7.08. The molecule has 1 saturated heterocycles. The molecule has 7 heteroatoms. The van der Waals surface area contributed by atoms with Crippen LogP contribution in [0.4, 0.5) is 8.78 Å². The van der Waals surface area contributed by atoms with Crippen molar-refractivity contribution in [3.63, 3.8) is 0 Å². The van der Waals surface area contributed by atoms with Crippen LogP contribution in [0.3, 0.4) is 0 Å². The number of likely N-dealkylation sites (tertiary alicyclic amines) is 1. The molecule has 2 aliphatic rings. The lowest BCUT2D eigenvalue weighted by molar-refractivity contribution is -0.153. The third-order valence-electron chi connectivity index (χ3n) is 7.08. The molecule has 1 amide bonds. The SMILES string of the molecule is O=C(c1cn(Cc2cc(F)cc(F)c2)c2ccccc12)N1CCC2(CC1)OCOc1ccccc12. The van der Waals surface area contributed by atoms with Crippen molar-refractivity contribution >= 4 is 16.8 Å². The standard InChI is InChI=1S/C28H24F2N2O3/c29-20-13-19(14-21(30)15-20)16-32-17-23(22-5-1-3-7-25(22)32)27(33)31-11-9-28(10-12-31)24-6-2-4-8-26(24)34-18-35-28/h1-8,13-15,17H,9-12,16,18H2. The predicted octanol–water partition coefficient (Wildman–Crippen LogP) is 5.47. The molecule has 4 aromatic rings. The van der Waals surface area contributed by atoms with Crippen molar-refractivity contribution in [1.29, 1.82) is 0 Å². The molecule has 0 radical (unpaired) electrons. The average Bonchev–Trinajstić information content (AvgIpc) is 3.22. The first-order chi connectivity index (χ1) is 17.0. The largest absolute Gasteiger partial charge is 0.467 e. The van der Waals surface area contributed by atoms with E-state index in [0.717, 1.165) is 28.3 Å². The maximum Gasteiger partial charge on any atom is 0.256 e. The van der Waals surface area contributed by atoms with E-state index >= 15 is 0 Å². The fourth-order valence-electron chi connectivity index (χ4n) is 5.35. The van der Waals surface area contributed by atoms with Crippen LogP contribution >= 0.6 is 0 Å². The van der Waals surface area contributed by atoms with Gasteiger partial charge >= 0.3 is 0 Å². The van der Waals surface area contributed by atoms with Crippen molar-refractivity contribution < 1.29 is 23.0 Å². The van der Waals surface area contributed by atoms with Gasteiger partial charge < -0.3 is 18.9 Å². The highest BCUT2D eigenvalue weighted by molar-refractivity contribution is 6.07. The van der Waals surface area contributed by atoms with Crippen LogP contribution < -0.4 is 4.74 Å². The van der Waals surface area contributed by atoms with Crippen LogP contribution in [-0.4, -0.2) is 35.3 Å². The summed E-state index contributed by atoms with van der Waals surface area (Å²) in [5.74, 6) is -0.449. The predicted molar refractivity (Wildman–Crippen MR) is 127 cm³/mol. The minimum atomic E-state index is -0.619. The fourth-order valence-corrected chi connectivity index (χ4v) is 5.35. The van der Waals surface area contributed by atoms with Crippen LogP contribution in [0.2, 0.25) is 0 Å². The lowest BCUT2D eigenvalue weighted by atomic mass is 9.83. The van der Waals surface area contributed by atoms with Gasteiger partial charge in [0.05, 0.1) is 5.56 Å². The molecular formula is C28H24F2N2O3. The molecule has 2 aliphatic heterocycles. The summed E-state index contributed by atoms with van der Waals surface area (Å²) in [4.78, 5) is 15.5. The summed E-state index contributed by atoms with van der Waals surface area (Å²) >= 11 is 0. The van der Waals surface area contributed by atoms with Crippen LogP contribution in [0.15, 0.2) is 72.9 Å². The molecule has 35 heavy (non-hydrogen) atoms. The lowest BCUT2D eigenvalue weighted by Gasteiger charge is -2.44. The van der Waals surface area contributed by atoms with E-state index in [1.807, 2.05) is 58.0 Å². The van der Waals surface area contributed by atoms with E-state index in [0.29, 0.717) is 37.1 Å². The number of carbonyl (C=O) groups excluding carboxylic acids is 1. The summed E-state index contributed by atoms with van der Waals surface area (Å²) in [5.41, 5.74) is 2.52. The van der Waals surface area contributed by atoms with Gasteiger partial charge in [-0.1, -0.05) is 36.4 Å². The molecule has 1 fully saturated rings. The molecule has 1 spiro atoms. The Hall–Kier alpha value is -3.71. The first kappa shape index (κ1) is 21.8. The molecular weight excluding hydrogens is 450 g/mol. The summed E-state index contributed by atoms with van der Waals surface area (Å²) in [6, 6.07) is 19.0. The molecule has 1 aromatic heterocycles. The van der Waals surface area contributed by atoms with Gasteiger partial charge in [0, 0.05) is 48.4 Å². The Labute approximate surface area is 201 Å². The third kappa shape index (κ3) is 3.86. The fraction of sp³-hybridized carbons (Fsp3) is 0.250. The number of para-hydroxylation sites is 2. The zero-order valence-corrected chi connectivity index (χ0v) is 19.0. The van der Waals surface area contributed by atoms with E-state index < -0.39 is 17.2 Å². The Kier molecular flexibility index (Phi) is 5.29. The van der Waals surface area contributed by atoms with E-state index in [4.69, 9.17) is 9.47 Å². The number of piperidine rings is 1. The van der Waals surface area contributed by atoms with Crippen LogP contribution in [-0.2, 0) is 16.9 Å². The zero-order chi connectivity index (χ0) is 24.0. The summed E-state index contributed by atoms with van der Waals surface area (Å²) in [6.07, 6.45) is 3.15. The van der Waals surface area contributed by atoms with Crippen LogP contribution in [0, 0.1) is 11.6 Å². The monoisotopic (exact) mass is 474 g/mol.